The fraction of sp³-hybridized carbons (Fsp3) is 0.391. The quantitative estimate of drug-likeness (QED) is 0.612. The normalized spacial score (nSPS) is 12.3. The number of nitrogens with zero attached hydrogens (tertiary/aromatic N) is 1. The molecule has 0 aromatic heterocycles. The number of amides is 2. The minimum absolute atomic E-state index is 0.140. The maximum absolute atomic E-state index is 13.0. The summed E-state index contributed by atoms with van der Waals surface area (Å²) in [4.78, 5) is 27.3. The van der Waals surface area contributed by atoms with Gasteiger partial charge in [0, 0.05) is 22.9 Å². The second kappa shape index (κ2) is 10.8. The summed E-state index contributed by atoms with van der Waals surface area (Å²) in [6, 6.07) is 12.8. The van der Waals surface area contributed by atoms with Gasteiger partial charge in [-0.3, -0.25) is 9.59 Å². The van der Waals surface area contributed by atoms with Crippen molar-refractivity contribution in [3.05, 3.63) is 70.5 Å². The highest BCUT2D eigenvalue weighted by Crippen LogP contribution is 2.18. The number of benzene rings is 2. The van der Waals surface area contributed by atoms with Crippen LogP contribution >= 0.6 is 23.4 Å². The van der Waals surface area contributed by atoms with Gasteiger partial charge in [0.1, 0.15) is 11.9 Å². The van der Waals surface area contributed by atoms with Crippen molar-refractivity contribution in [1.82, 2.24) is 10.2 Å². The van der Waals surface area contributed by atoms with Gasteiger partial charge in [-0.1, -0.05) is 35.9 Å². The average Bonchev–Trinajstić information content (AvgIpc) is 2.65. The zero-order valence-corrected chi connectivity index (χ0v) is 19.3. The predicted molar refractivity (Wildman–Crippen MR) is 122 cm³/mol. The monoisotopic (exact) mass is 450 g/mol. The van der Waals surface area contributed by atoms with Gasteiger partial charge in [-0.25, -0.2) is 4.39 Å². The summed E-state index contributed by atoms with van der Waals surface area (Å²) in [5.74, 6) is 0.163. The van der Waals surface area contributed by atoms with Gasteiger partial charge in [0.2, 0.25) is 11.8 Å². The van der Waals surface area contributed by atoms with E-state index < -0.39 is 11.6 Å². The molecule has 2 rings (SSSR count). The maximum atomic E-state index is 13.0. The van der Waals surface area contributed by atoms with Crippen LogP contribution in [-0.2, 0) is 21.9 Å². The molecule has 0 heterocycles. The van der Waals surface area contributed by atoms with Gasteiger partial charge in [0.25, 0.3) is 0 Å². The first-order chi connectivity index (χ1) is 14.0. The molecule has 1 unspecified atom stereocenters. The summed E-state index contributed by atoms with van der Waals surface area (Å²) in [5, 5.41) is 3.52. The van der Waals surface area contributed by atoms with Gasteiger partial charge in [-0.2, -0.15) is 0 Å². The van der Waals surface area contributed by atoms with E-state index in [0.29, 0.717) is 10.8 Å². The molecular weight excluding hydrogens is 423 g/mol. The summed E-state index contributed by atoms with van der Waals surface area (Å²) < 4.78 is 13.0. The summed E-state index contributed by atoms with van der Waals surface area (Å²) in [7, 11) is 0. The molecule has 1 N–H and O–H groups in total. The van der Waals surface area contributed by atoms with E-state index in [4.69, 9.17) is 11.6 Å². The van der Waals surface area contributed by atoms with E-state index in [0.717, 1.165) is 11.1 Å². The smallest absolute Gasteiger partial charge is 0.242 e. The Morgan fingerprint density at radius 2 is 1.80 bits per heavy atom. The summed E-state index contributed by atoms with van der Waals surface area (Å²) >= 11 is 7.52. The molecule has 0 saturated carbocycles. The fourth-order valence-electron chi connectivity index (χ4n) is 2.81. The maximum Gasteiger partial charge on any atom is 0.242 e. The van der Waals surface area contributed by atoms with Crippen LogP contribution < -0.4 is 5.32 Å². The van der Waals surface area contributed by atoms with Crippen molar-refractivity contribution in [1.29, 1.82) is 0 Å². The predicted octanol–water partition coefficient (Wildman–Crippen LogP) is 5.04. The third-order valence-corrected chi connectivity index (χ3v) is 5.54. The molecule has 1 atom stereocenters. The van der Waals surface area contributed by atoms with E-state index in [1.807, 2.05) is 32.9 Å². The zero-order valence-electron chi connectivity index (χ0n) is 17.7. The number of hydrogen-bond acceptors (Lipinski definition) is 3. The van der Waals surface area contributed by atoms with Crippen molar-refractivity contribution in [2.75, 3.05) is 5.75 Å². The van der Waals surface area contributed by atoms with Gasteiger partial charge in [0.05, 0.1) is 5.75 Å². The number of nitrogens with one attached hydrogen (secondary N) is 1. The first-order valence-corrected chi connectivity index (χ1v) is 11.3. The van der Waals surface area contributed by atoms with Gasteiger partial charge in [-0.05, 0) is 63.1 Å². The van der Waals surface area contributed by atoms with Crippen molar-refractivity contribution in [3.63, 3.8) is 0 Å². The molecule has 4 nitrogen and oxygen atoms in total. The van der Waals surface area contributed by atoms with Crippen LogP contribution in [0.25, 0.3) is 0 Å². The molecule has 162 valence electrons. The number of hydrogen-bond donors (Lipinski definition) is 1. The van der Waals surface area contributed by atoms with Crippen LogP contribution in [0.4, 0.5) is 4.39 Å². The fourth-order valence-corrected chi connectivity index (χ4v) is 3.89. The molecule has 0 aliphatic rings. The molecule has 2 aromatic rings. The minimum atomic E-state index is -0.637. The van der Waals surface area contributed by atoms with Crippen molar-refractivity contribution >= 4 is 35.2 Å². The lowest BCUT2D eigenvalue weighted by Gasteiger charge is -2.31. The topological polar surface area (TPSA) is 49.4 Å². The van der Waals surface area contributed by atoms with Crippen LogP contribution in [0.15, 0.2) is 48.5 Å². The van der Waals surface area contributed by atoms with E-state index >= 15 is 0 Å². The minimum Gasteiger partial charge on any atom is -0.350 e. The number of rotatable bonds is 8. The largest absolute Gasteiger partial charge is 0.350 e. The highest BCUT2D eigenvalue weighted by atomic mass is 35.5. The van der Waals surface area contributed by atoms with Crippen molar-refractivity contribution in [2.45, 2.75) is 51.6 Å². The summed E-state index contributed by atoms with van der Waals surface area (Å²) in [6.07, 6.45) is 0. The van der Waals surface area contributed by atoms with Crippen molar-refractivity contribution in [3.8, 4) is 0 Å². The van der Waals surface area contributed by atoms with Gasteiger partial charge >= 0.3 is 0 Å². The van der Waals surface area contributed by atoms with Crippen LogP contribution in [0, 0.1) is 5.82 Å². The Morgan fingerprint density at radius 3 is 2.40 bits per heavy atom. The second-order valence-electron chi connectivity index (χ2n) is 8.19. The molecule has 0 fully saturated rings. The van der Waals surface area contributed by atoms with Crippen LogP contribution in [0.1, 0.15) is 38.8 Å². The molecule has 0 saturated heterocycles. The first-order valence-electron chi connectivity index (χ1n) is 9.73. The highest BCUT2D eigenvalue weighted by Gasteiger charge is 2.28. The van der Waals surface area contributed by atoms with E-state index in [-0.39, 0.29) is 29.9 Å². The Hall–Kier alpha value is -2.05. The van der Waals surface area contributed by atoms with Crippen LogP contribution in [0.5, 0.6) is 0 Å². The van der Waals surface area contributed by atoms with E-state index in [1.165, 1.54) is 23.9 Å². The van der Waals surface area contributed by atoms with E-state index in [1.54, 1.807) is 36.1 Å². The van der Waals surface area contributed by atoms with Gasteiger partial charge in [-0.15, -0.1) is 11.8 Å². The van der Waals surface area contributed by atoms with E-state index in [2.05, 4.69) is 5.32 Å². The van der Waals surface area contributed by atoms with Crippen LogP contribution in [0.2, 0.25) is 5.02 Å². The van der Waals surface area contributed by atoms with Gasteiger partial charge in [0.15, 0.2) is 0 Å². The third-order valence-electron chi connectivity index (χ3n) is 4.31. The average molecular weight is 451 g/mol. The molecule has 0 aliphatic carbocycles. The Morgan fingerprint density at radius 1 is 1.13 bits per heavy atom. The number of carbonyl (C=O) groups excluding carboxylic acids is 2. The molecule has 2 aromatic carbocycles. The van der Waals surface area contributed by atoms with E-state index in [9.17, 15) is 14.0 Å². The highest BCUT2D eigenvalue weighted by molar-refractivity contribution is 7.99. The molecule has 0 bridgehead atoms. The van der Waals surface area contributed by atoms with Crippen molar-refractivity contribution < 1.29 is 14.0 Å². The Balaban J connectivity index is 2.09. The zero-order chi connectivity index (χ0) is 22.3. The Bertz CT molecular complexity index is 868. The molecule has 0 aliphatic heterocycles. The Kier molecular flexibility index (Phi) is 8.74. The molecular formula is C23H28ClFN2O2S. The molecule has 0 radical (unpaired) electrons. The lowest BCUT2D eigenvalue weighted by molar-refractivity contribution is -0.139. The first kappa shape index (κ1) is 24.2. The molecule has 30 heavy (non-hydrogen) atoms. The second-order valence-corrected chi connectivity index (χ2v) is 9.61. The van der Waals surface area contributed by atoms with Gasteiger partial charge < -0.3 is 10.2 Å². The third kappa shape index (κ3) is 8.00. The van der Waals surface area contributed by atoms with Crippen molar-refractivity contribution in [2.24, 2.45) is 0 Å². The lowest BCUT2D eigenvalue weighted by Crippen LogP contribution is -2.52. The number of carbonyl (C=O) groups is 2. The number of thioether (sulfide) groups is 1. The Labute approximate surface area is 187 Å². The molecule has 0 spiro atoms. The lowest BCUT2D eigenvalue weighted by atomic mass is 10.1. The molecule has 2 amide bonds. The summed E-state index contributed by atoms with van der Waals surface area (Å²) in [6.45, 7) is 7.72. The van der Waals surface area contributed by atoms with Crippen LogP contribution in [0.3, 0.4) is 0 Å². The summed E-state index contributed by atoms with van der Waals surface area (Å²) in [5.41, 5.74) is 1.40. The SMILES string of the molecule is CC(C(=O)NC(C)(C)C)N(Cc1cccc(Cl)c1)C(=O)CSCc1ccc(F)cc1. The standard InChI is InChI=1S/C23H28ClFN2O2S/c1-16(22(29)26-23(2,3)4)27(13-18-6-5-7-19(24)12-18)21(28)15-30-14-17-8-10-20(25)11-9-17/h5-12,16H,13-15H2,1-4H3,(H,26,29). The number of halogens is 2. The molecule has 7 heteroatoms. The van der Waals surface area contributed by atoms with Crippen LogP contribution in [-0.4, -0.2) is 34.0 Å².